The monoisotopic (exact) mass is 438 g/mol. The maximum Gasteiger partial charge on any atom is 0.338 e. The van der Waals surface area contributed by atoms with E-state index in [4.69, 9.17) is 9.15 Å². The lowest BCUT2D eigenvalue weighted by Gasteiger charge is -2.15. The van der Waals surface area contributed by atoms with E-state index in [-0.39, 0.29) is 17.1 Å². The Morgan fingerprint density at radius 2 is 1.84 bits per heavy atom. The van der Waals surface area contributed by atoms with Crippen LogP contribution in [0.2, 0.25) is 0 Å². The molecule has 3 aromatic rings. The molecule has 0 spiro atoms. The van der Waals surface area contributed by atoms with Crippen molar-refractivity contribution in [2.24, 2.45) is 0 Å². The van der Waals surface area contributed by atoms with E-state index in [9.17, 15) is 18.8 Å². The number of anilines is 1. The van der Waals surface area contributed by atoms with Crippen LogP contribution in [0.5, 0.6) is 0 Å². The SMILES string of the molecule is Cc1ccc(C(=O)OC(C)C(=O)NCCc2ccc(F)cc2)cc1NC(=O)c1ccco1. The third-order valence-electron chi connectivity index (χ3n) is 4.75. The molecular weight excluding hydrogens is 415 g/mol. The topological polar surface area (TPSA) is 97.6 Å². The highest BCUT2D eigenvalue weighted by atomic mass is 19.1. The van der Waals surface area contributed by atoms with Crippen LogP contribution in [0.3, 0.4) is 0 Å². The lowest BCUT2D eigenvalue weighted by Crippen LogP contribution is -2.36. The summed E-state index contributed by atoms with van der Waals surface area (Å²) in [5.74, 6) is -1.77. The molecule has 3 rings (SSSR count). The highest BCUT2D eigenvalue weighted by Crippen LogP contribution is 2.19. The summed E-state index contributed by atoms with van der Waals surface area (Å²) in [6, 6.07) is 13.8. The number of aryl methyl sites for hydroxylation is 1. The third-order valence-corrected chi connectivity index (χ3v) is 4.75. The quantitative estimate of drug-likeness (QED) is 0.520. The summed E-state index contributed by atoms with van der Waals surface area (Å²) in [5, 5.41) is 5.37. The van der Waals surface area contributed by atoms with Gasteiger partial charge in [-0.15, -0.1) is 0 Å². The van der Waals surface area contributed by atoms with Gasteiger partial charge in [-0.1, -0.05) is 18.2 Å². The van der Waals surface area contributed by atoms with Gasteiger partial charge in [0.15, 0.2) is 11.9 Å². The Hall–Kier alpha value is -3.94. The van der Waals surface area contributed by atoms with Crippen molar-refractivity contribution in [3.05, 3.63) is 89.1 Å². The van der Waals surface area contributed by atoms with Crippen LogP contribution >= 0.6 is 0 Å². The Morgan fingerprint density at radius 1 is 1.09 bits per heavy atom. The number of carbonyl (C=O) groups excluding carboxylic acids is 3. The van der Waals surface area contributed by atoms with Crippen molar-refractivity contribution < 1.29 is 27.9 Å². The minimum absolute atomic E-state index is 0.142. The van der Waals surface area contributed by atoms with Crippen molar-refractivity contribution in [3.63, 3.8) is 0 Å². The van der Waals surface area contributed by atoms with Crippen molar-refractivity contribution in [2.45, 2.75) is 26.4 Å². The molecule has 2 amide bonds. The largest absolute Gasteiger partial charge is 0.459 e. The number of amides is 2. The normalized spacial score (nSPS) is 11.5. The second kappa shape index (κ2) is 10.4. The van der Waals surface area contributed by atoms with Crippen molar-refractivity contribution >= 4 is 23.5 Å². The lowest BCUT2D eigenvalue weighted by molar-refractivity contribution is -0.129. The minimum atomic E-state index is -1.02. The Balaban J connectivity index is 1.54. The predicted octanol–water partition coefficient (Wildman–Crippen LogP) is 3.88. The van der Waals surface area contributed by atoms with Crippen LogP contribution in [-0.4, -0.2) is 30.4 Å². The summed E-state index contributed by atoms with van der Waals surface area (Å²) < 4.78 is 23.3. The summed E-state index contributed by atoms with van der Waals surface area (Å²) in [7, 11) is 0. The molecule has 0 saturated heterocycles. The number of hydrogen-bond acceptors (Lipinski definition) is 5. The number of hydrogen-bond donors (Lipinski definition) is 2. The van der Waals surface area contributed by atoms with Crippen LogP contribution < -0.4 is 10.6 Å². The number of carbonyl (C=O) groups is 3. The first-order valence-electron chi connectivity index (χ1n) is 10.0. The van der Waals surface area contributed by atoms with Crippen molar-refractivity contribution in [1.29, 1.82) is 0 Å². The summed E-state index contributed by atoms with van der Waals surface area (Å²) >= 11 is 0. The van der Waals surface area contributed by atoms with E-state index in [1.54, 1.807) is 37.3 Å². The fourth-order valence-electron chi connectivity index (χ4n) is 2.88. The summed E-state index contributed by atoms with van der Waals surface area (Å²) in [6.45, 7) is 3.57. The van der Waals surface area contributed by atoms with Gasteiger partial charge in [-0.05, 0) is 67.8 Å². The third kappa shape index (κ3) is 6.04. The van der Waals surface area contributed by atoms with E-state index in [2.05, 4.69) is 10.6 Å². The van der Waals surface area contributed by atoms with Gasteiger partial charge < -0.3 is 19.8 Å². The molecule has 8 heteroatoms. The fourth-order valence-corrected chi connectivity index (χ4v) is 2.88. The number of esters is 1. The van der Waals surface area contributed by atoms with Crippen LogP contribution in [0.25, 0.3) is 0 Å². The molecule has 0 saturated carbocycles. The molecule has 0 aliphatic carbocycles. The highest BCUT2D eigenvalue weighted by Gasteiger charge is 2.20. The van der Waals surface area contributed by atoms with E-state index in [0.717, 1.165) is 11.1 Å². The van der Waals surface area contributed by atoms with Crippen LogP contribution in [0.1, 0.15) is 39.0 Å². The van der Waals surface area contributed by atoms with Crippen molar-refractivity contribution in [1.82, 2.24) is 5.32 Å². The summed E-state index contributed by atoms with van der Waals surface area (Å²) in [4.78, 5) is 36.9. The molecule has 1 aromatic heterocycles. The first-order valence-corrected chi connectivity index (χ1v) is 10.0. The molecule has 0 bridgehead atoms. The second-order valence-corrected chi connectivity index (χ2v) is 7.18. The van der Waals surface area contributed by atoms with Crippen molar-refractivity contribution in [3.8, 4) is 0 Å². The van der Waals surface area contributed by atoms with Crippen LogP contribution in [0.4, 0.5) is 10.1 Å². The molecule has 0 fully saturated rings. The van der Waals surface area contributed by atoms with E-state index in [0.29, 0.717) is 18.7 Å². The van der Waals surface area contributed by atoms with Gasteiger partial charge in [-0.3, -0.25) is 9.59 Å². The minimum Gasteiger partial charge on any atom is -0.459 e. The molecule has 2 N–H and O–H groups in total. The van der Waals surface area contributed by atoms with E-state index in [1.165, 1.54) is 37.5 Å². The molecule has 0 aliphatic rings. The highest BCUT2D eigenvalue weighted by molar-refractivity contribution is 6.03. The van der Waals surface area contributed by atoms with Gasteiger partial charge in [0.25, 0.3) is 11.8 Å². The molecule has 1 heterocycles. The molecule has 2 aromatic carbocycles. The number of furan rings is 1. The molecule has 0 radical (unpaired) electrons. The van der Waals surface area contributed by atoms with E-state index >= 15 is 0 Å². The molecule has 166 valence electrons. The zero-order valence-corrected chi connectivity index (χ0v) is 17.7. The smallest absolute Gasteiger partial charge is 0.338 e. The van der Waals surface area contributed by atoms with E-state index in [1.807, 2.05) is 0 Å². The first-order chi connectivity index (χ1) is 15.3. The van der Waals surface area contributed by atoms with Crippen molar-refractivity contribution in [2.75, 3.05) is 11.9 Å². The number of nitrogens with one attached hydrogen (secondary N) is 2. The Morgan fingerprint density at radius 3 is 2.53 bits per heavy atom. The summed E-state index contributed by atoms with van der Waals surface area (Å²) in [5.41, 5.74) is 2.24. The number of benzene rings is 2. The molecular formula is C24H23FN2O5. The standard InChI is InChI=1S/C24H23FN2O5/c1-15-5-8-18(14-20(15)27-23(29)21-4-3-13-31-21)24(30)32-16(2)22(28)26-12-11-17-6-9-19(25)10-7-17/h3-10,13-14,16H,11-12H2,1-2H3,(H,26,28)(H,27,29). The molecule has 0 aliphatic heterocycles. The predicted molar refractivity (Wildman–Crippen MR) is 116 cm³/mol. The van der Waals surface area contributed by atoms with Gasteiger partial charge in [0.2, 0.25) is 0 Å². The zero-order valence-electron chi connectivity index (χ0n) is 17.7. The number of ether oxygens (including phenoxy) is 1. The molecule has 7 nitrogen and oxygen atoms in total. The van der Waals surface area contributed by atoms with Gasteiger partial charge >= 0.3 is 5.97 Å². The first kappa shape index (κ1) is 22.7. The van der Waals surface area contributed by atoms with Crippen LogP contribution in [0, 0.1) is 12.7 Å². The number of halogens is 1. The van der Waals surface area contributed by atoms with Gasteiger partial charge in [0.05, 0.1) is 11.8 Å². The van der Waals surface area contributed by atoms with E-state index < -0.39 is 23.9 Å². The fraction of sp³-hybridized carbons (Fsp3) is 0.208. The zero-order chi connectivity index (χ0) is 23.1. The molecule has 1 unspecified atom stereocenters. The van der Waals surface area contributed by atoms with Gasteiger partial charge in [-0.25, -0.2) is 9.18 Å². The maximum atomic E-state index is 12.9. The average Bonchev–Trinajstić information content (AvgIpc) is 3.31. The van der Waals surface area contributed by atoms with Crippen LogP contribution in [-0.2, 0) is 16.0 Å². The summed E-state index contributed by atoms with van der Waals surface area (Å²) in [6.07, 6.45) is 0.892. The number of rotatable bonds is 8. The Kier molecular flexibility index (Phi) is 7.38. The molecule has 32 heavy (non-hydrogen) atoms. The Labute approximate surface area is 184 Å². The lowest BCUT2D eigenvalue weighted by atomic mass is 10.1. The molecule has 1 atom stereocenters. The second-order valence-electron chi connectivity index (χ2n) is 7.18. The average molecular weight is 438 g/mol. The van der Waals surface area contributed by atoms with Crippen LogP contribution in [0.15, 0.2) is 65.3 Å². The van der Waals surface area contributed by atoms with Gasteiger partial charge in [0, 0.05) is 12.2 Å². The van der Waals surface area contributed by atoms with Gasteiger partial charge in [0.1, 0.15) is 5.82 Å². The Bertz CT molecular complexity index is 1090. The maximum absolute atomic E-state index is 12.9. The van der Waals surface area contributed by atoms with Gasteiger partial charge in [-0.2, -0.15) is 0 Å².